The van der Waals surface area contributed by atoms with E-state index in [1.165, 1.54) is 6.42 Å². The minimum Gasteiger partial charge on any atom is -0.368 e. The van der Waals surface area contributed by atoms with E-state index in [0.29, 0.717) is 5.91 Å². The van der Waals surface area contributed by atoms with Crippen LogP contribution in [0.1, 0.15) is 26.2 Å². The molecule has 1 aliphatic carbocycles. The molecule has 2 rings (SSSR count). The molecule has 0 aromatic heterocycles. The van der Waals surface area contributed by atoms with Crippen molar-refractivity contribution in [3.63, 3.8) is 0 Å². The Morgan fingerprint density at radius 1 is 1.18 bits per heavy atom. The molecule has 0 spiro atoms. The van der Waals surface area contributed by atoms with Crippen LogP contribution in [0.15, 0.2) is 0 Å². The summed E-state index contributed by atoms with van der Waals surface area (Å²) in [5, 5.41) is 0. The van der Waals surface area contributed by atoms with Crippen molar-refractivity contribution in [1.29, 1.82) is 0 Å². The summed E-state index contributed by atoms with van der Waals surface area (Å²) < 4.78 is 0. The van der Waals surface area contributed by atoms with Gasteiger partial charge in [-0.15, -0.1) is 0 Å². The number of piperazine rings is 1. The fourth-order valence-electron chi connectivity index (χ4n) is 2.42. The molecule has 2 aliphatic rings. The Hall–Kier alpha value is -1.10. The van der Waals surface area contributed by atoms with E-state index < -0.39 is 0 Å². The molecule has 1 atom stereocenters. The Labute approximate surface area is 102 Å². The van der Waals surface area contributed by atoms with Crippen LogP contribution in [0.5, 0.6) is 0 Å². The van der Waals surface area contributed by atoms with Crippen LogP contribution in [-0.2, 0) is 9.59 Å². The summed E-state index contributed by atoms with van der Waals surface area (Å²) in [7, 11) is 0. The highest BCUT2D eigenvalue weighted by atomic mass is 16.2. The van der Waals surface area contributed by atoms with Gasteiger partial charge in [-0.2, -0.15) is 0 Å². The molecule has 0 aromatic carbocycles. The molecule has 1 saturated heterocycles. The van der Waals surface area contributed by atoms with E-state index in [0.717, 1.165) is 39.0 Å². The Kier molecular flexibility index (Phi) is 3.66. The van der Waals surface area contributed by atoms with Gasteiger partial charge in [0.25, 0.3) is 0 Å². The quantitative estimate of drug-likeness (QED) is 0.742. The van der Waals surface area contributed by atoms with Crippen molar-refractivity contribution in [2.45, 2.75) is 32.2 Å². The minimum absolute atomic E-state index is 0.226. The second-order valence-corrected chi connectivity index (χ2v) is 5.07. The molecule has 0 bridgehead atoms. The molecule has 1 saturated carbocycles. The van der Waals surface area contributed by atoms with E-state index in [1.54, 1.807) is 0 Å². The van der Waals surface area contributed by atoms with Crippen molar-refractivity contribution in [2.24, 2.45) is 11.7 Å². The van der Waals surface area contributed by atoms with Crippen LogP contribution < -0.4 is 5.73 Å². The number of hydrogen-bond acceptors (Lipinski definition) is 3. The van der Waals surface area contributed by atoms with Crippen LogP contribution in [0.25, 0.3) is 0 Å². The number of primary amides is 1. The molecule has 96 valence electrons. The summed E-state index contributed by atoms with van der Waals surface area (Å²) in [6, 6.07) is -0.226. The molecule has 0 radical (unpaired) electrons. The normalized spacial score (nSPS) is 24.2. The van der Waals surface area contributed by atoms with Gasteiger partial charge in [0.05, 0.1) is 6.04 Å². The maximum atomic E-state index is 12.0. The van der Waals surface area contributed by atoms with Gasteiger partial charge in [-0.05, 0) is 19.8 Å². The Morgan fingerprint density at radius 2 is 1.76 bits per heavy atom. The predicted molar refractivity (Wildman–Crippen MR) is 64.2 cm³/mol. The van der Waals surface area contributed by atoms with Gasteiger partial charge in [-0.3, -0.25) is 14.5 Å². The molecular formula is C12H21N3O2. The van der Waals surface area contributed by atoms with Crippen LogP contribution >= 0.6 is 0 Å². The maximum absolute atomic E-state index is 12.0. The average Bonchev–Trinajstić information content (AvgIpc) is 2.25. The van der Waals surface area contributed by atoms with E-state index in [1.807, 2.05) is 16.7 Å². The van der Waals surface area contributed by atoms with Crippen molar-refractivity contribution in [2.75, 3.05) is 26.2 Å². The van der Waals surface area contributed by atoms with Crippen LogP contribution in [0.3, 0.4) is 0 Å². The summed E-state index contributed by atoms with van der Waals surface area (Å²) in [5.41, 5.74) is 5.28. The van der Waals surface area contributed by atoms with Crippen LogP contribution in [0.4, 0.5) is 0 Å². The van der Waals surface area contributed by atoms with Crippen LogP contribution in [0, 0.1) is 5.92 Å². The first kappa shape index (κ1) is 12.4. The number of nitrogens with zero attached hydrogens (tertiary/aromatic N) is 2. The predicted octanol–water partition coefficient (Wildman–Crippen LogP) is -0.195. The summed E-state index contributed by atoms with van der Waals surface area (Å²) in [6.45, 7) is 4.79. The van der Waals surface area contributed by atoms with Crippen molar-refractivity contribution >= 4 is 11.8 Å². The molecule has 1 aliphatic heterocycles. The van der Waals surface area contributed by atoms with Crippen molar-refractivity contribution in [3.05, 3.63) is 0 Å². The number of amides is 2. The lowest BCUT2D eigenvalue weighted by Gasteiger charge is -2.39. The van der Waals surface area contributed by atoms with Gasteiger partial charge in [0.2, 0.25) is 11.8 Å². The lowest BCUT2D eigenvalue weighted by molar-refractivity contribution is -0.140. The van der Waals surface area contributed by atoms with Gasteiger partial charge in [-0.1, -0.05) is 6.42 Å². The smallest absolute Gasteiger partial charge is 0.234 e. The van der Waals surface area contributed by atoms with Crippen molar-refractivity contribution < 1.29 is 9.59 Å². The molecule has 2 fully saturated rings. The van der Waals surface area contributed by atoms with E-state index in [9.17, 15) is 9.59 Å². The largest absolute Gasteiger partial charge is 0.368 e. The highest BCUT2D eigenvalue weighted by molar-refractivity contribution is 5.80. The number of rotatable bonds is 3. The molecule has 1 heterocycles. The molecule has 2 amide bonds. The third kappa shape index (κ3) is 2.60. The van der Waals surface area contributed by atoms with E-state index in [4.69, 9.17) is 5.73 Å². The number of carbonyl (C=O) groups excluding carboxylic acids is 2. The first-order valence-corrected chi connectivity index (χ1v) is 6.41. The van der Waals surface area contributed by atoms with Crippen molar-refractivity contribution in [3.8, 4) is 0 Å². The van der Waals surface area contributed by atoms with E-state index >= 15 is 0 Å². The van der Waals surface area contributed by atoms with Gasteiger partial charge in [0.1, 0.15) is 0 Å². The molecule has 5 nitrogen and oxygen atoms in total. The second kappa shape index (κ2) is 5.04. The van der Waals surface area contributed by atoms with Crippen LogP contribution in [-0.4, -0.2) is 53.8 Å². The molecule has 5 heteroatoms. The Morgan fingerprint density at radius 3 is 2.18 bits per heavy atom. The summed E-state index contributed by atoms with van der Waals surface area (Å²) in [4.78, 5) is 27.1. The highest BCUT2D eigenvalue weighted by Crippen LogP contribution is 2.28. The molecule has 0 aromatic rings. The van der Waals surface area contributed by atoms with E-state index in [2.05, 4.69) is 0 Å². The lowest BCUT2D eigenvalue weighted by Crippen LogP contribution is -2.55. The molecule has 17 heavy (non-hydrogen) atoms. The SMILES string of the molecule is CC(C(N)=O)N1CCN(C(=O)C2CCC2)CC1. The van der Waals surface area contributed by atoms with Crippen molar-refractivity contribution in [1.82, 2.24) is 9.80 Å². The third-order valence-corrected chi connectivity index (χ3v) is 4.04. The first-order valence-electron chi connectivity index (χ1n) is 6.41. The fourth-order valence-corrected chi connectivity index (χ4v) is 2.42. The summed E-state index contributed by atoms with van der Waals surface area (Å²) >= 11 is 0. The maximum Gasteiger partial charge on any atom is 0.234 e. The average molecular weight is 239 g/mol. The Balaban J connectivity index is 1.81. The number of nitrogens with two attached hydrogens (primary N) is 1. The number of carbonyl (C=O) groups is 2. The van der Waals surface area contributed by atoms with Crippen LogP contribution in [0.2, 0.25) is 0 Å². The summed E-state index contributed by atoms with van der Waals surface area (Å²) in [5.74, 6) is 0.293. The van der Waals surface area contributed by atoms with Gasteiger partial charge in [0, 0.05) is 32.1 Å². The minimum atomic E-state index is -0.288. The standard InChI is InChI=1S/C12H21N3O2/c1-9(11(13)16)14-5-7-15(8-6-14)12(17)10-3-2-4-10/h9-10H,2-8H2,1H3,(H2,13,16). The zero-order valence-corrected chi connectivity index (χ0v) is 10.4. The zero-order chi connectivity index (χ0) is 12.4. The second-order valence-electron chi connectivity index (χ2n) is 5.07. The van der Waals surface area contributed by atoms with Gasteiger partial charge < -0.3 is 10.6 Å². The Bertz CT molecular complexity index is 307. The van der Waals surface area contributed by atoms with E-state index in [-0.39, 0.29) is 17.9 Å². The molecule has 1 unspecified atom stereocenters. The summed E-state index contributed by atoms with van der Waals surface area (Å²) in [6.07, 6.45) is 3.29. The van der Waals surface area contributed by atoms with Gasteiger partial charge >= 0.3 is 0 Å². The zero-order valence-electron chi connectivity index (χ0n) is 10.4. The third-order valence-electron chi connectivity index (χ3n) is 4.04. The molecular weight excluding hydrogens is 218 g/mol. The van der Waals surface area contributed by atoms with Gasteiger partial charge in [0.15, 0.2) is 0 Å². The highest BCUT2D eigenvalue weighted by Gasteiger charge is 2.32. The lowest BCUT2D eigenvalue weighted by atomic mass is 9.84. The first-order chi connectivity index (χ1) is 8.09. The molecule has 2 N–H and O–H groups in total. The number of hydrogen-bond donors (Lipinski definition) is 1. The van der Waals surface area contributed by atoms with Gasteiger partial charge in [-0.25, -0.2) is 0 Å². The fraction of sp³-hybridized carbons (Fsp3) is 0.833. The topological polar surface area (TPSA) is 66.6 Å². The monoisotopic (exact) mass is 239 g/mol.